The van der Waals surface area contributed by atoms with Gasteiger partial charge >= 0.3 is 0 Å². The molecule has 3 rings (SSSR count). The number of hydrogen-bond donors (Lipinski definition) is 1. The largest absolute Gasteiger partial charge is 0.376 e. The third-order valence-electron chi connectivity index (χ3n) is 6.06. The molecule has 0 radical (unpaired) electrons. The number of nitrogens with one attached hydrogen (secondary N) is 1. The number of nitrogens with zero attached hydrogens (tertiary/aromatic N) is 2. The molecule has 2 aliphatic rings. The zero-order valence-corrected chi connectivity index (χ0v) is 18.9. The van der Waals surface area contributed by atoms with Crippen molar-refractivity contribution in [1.82, 2.24) is 10.2 Å². The fourth-order valence-corrected chi connectivity index (χ4v) is 4.18. The first kappa shape index (κ1) is 22.4. The number of likely N-dealkylation sites (tertiary alicyclic amines) is 1. The third-order valence-corrected chi connectivity index (χ3v) is 6.31. The maximum Gasteiger partial charge on any atom is 0.193 e. The normalized spacial score (nSPS) is 22.0. The highest BCUT2D eigenvalue weighted by Gasteiger charge is 2.26. The Labute approximate surface area is 180 Å². The predicted octanol–water partition coefficient (Wildman–Crippen LogP) is 4.24. The van der Waals surface area contributed by atoms with E-state index in [2.05, 4.69) is 41.2 Å². The lowest BCUT2D eigenvalue weighted by Crippen LogP contribution is -2.49. The van der Waals surface area contributed by atoms with Crippen LogP contribution in [0.3, 0.4) is 0 Å². The topological polar surface area (TPSA) is 46.1 Å². The summed E-state index contributed by atoms with van der Waals surface area (Å²) in [6.45, 7) is 8.87. The van der Waals surface area contributed by atoms with E-state index in [0.717, 1.165) is 63.1 Å². The molecule has 1 unspecified atom stereocenters. The van der Waals surface area contributed by atoms with Crippen LogP contribution in [0.15, 0.2) is 29.3 Å². The van der Waals surface area contributed by atoms with Gasteiger partial charge in [0.2, 0.25) is 0 Å². The summed E-state index contributed by atoms with van der Waals surface area (Å²) in [5, 5.41) is 4.34. The number of piperidine rings is 1. The van der Waals surface area contributed by atoms with Crippen LogP contribution < -0.4 is 5.32 Å². The monoisotopic (exact) mass is 421 g/mol. The molecule has 2 fully saturated rings. The van der Waals surface area contributed by atoms with E-state index in [0.29, 0.717) is 12.2 Å². The van der Waals surface area contributed by atoms with Gasteiger partial charge in [-0.05, 0) is 49.8 Å². The van der Waals surface area contributed by atoms with Crippen molar-refractivity contribution in [2.45, 2.75) is 63.6 Å². The van der Waals surface area contributed by atoms with Crippen molar-refractivity contribution in [3.8, 4) is 0 Å². The van der Waals surface area contributed by atoms with Crippen LogP contribution in [0.25, 0.3) is 0 Å². The van der Waals surface area contributed by atoms with Crippen LogP contribution in [0.4, 0.5) is 0 Å². The van der Waals surface area contributed by atoms with Crippen LogP contribution in [0.1, 0.15) is 51.5 Å². The molecule has 1 atom stereocenters. The molecule has 1 aromatic carbocycles. The summed E-state index contributed by atoms with van der Waals surface area (Å²) in [5.74, 6) is 0.973. The van der Waals surface area contributed by atoms with Crippen molar-refractivity contribution >= 4 is 17.6 Å². The Morgan fingerprint density at radius 2 is 1.93 bits per heavy atom. The lowest BCUT2D eigenvalue weighted by molar-refractivity contribution is -0.0721. The molecule has 1 aromatic rings. The van der Waals surface area contributed by atoms with Gasteiger partial charge in [-0.2, -0.15) is 0 Å². The van der Waals surface area contributed by atoms with E-state index in [9.17, 15) is 0 Å². The van der Waals surface area contributed by atoms with Crippen molar-refractivity contribution in [3.05, 3.63) is 34.9 Å². The molecule has 2 aliphatic heterocycles. The Hall–Kier alpha value is -1.30. The van der Waals surface area contributed by atoms with Crippen LogP contribution in [-0.4, -0.2) is 63.0 Å². The summed E-state index contributed by atoms with van der Waals surface area (Å²) < 4.78 is 11.9. The molecule has 5 nitrogen and oxygen atoms in total. The number of guanidine groups is 1. The van der Waals surface area contributed by atoms with E-state index in [1.54, 1.807) is 0 Å². The number of hydrogen-bond acceptors (Lipinski definition) is 3. The molecule has 6 heteroatoms. The van der Waals surface area contributed by atoms with Gasteiger partial charge in [0.1, 0.15) is 0 Å². The van der Waals surface area contributed by atoms with Crippen molar-refractivity contribution in [2.24, 2.45) is 4.99 Å². The summed E-state index contributed by atoms with van der Waals surface area (Å²) in [4.78, 5) is 6.86. The summed E-state index contributed by atoms with van der Waals surface area (Å²) in [6.07, 6.45) is 6.30. The number of ether oxygens (including phenoxy) is 2. The first-order chi connectivity index (χ1) is 14.0. The molecule has 0 bridgehead atoms. The average Bonchev–Trinajstić information content (AvgIpc) is 2.74. The Bertz CT molecular complexity index is 649. The molecular formula is C23H36ClN3O2. The van der Waals surface area contributed by atoms with Gasteiger partial charge < -0.3 is 19.7 Å². The highest BCUT2D eigenvalue weighted by molar-refractivity contribution is 6.30. The number of halogens is 1. The van der Waals surface area contributed by atoms with Crippen LogP contribution >= 0.6 is 11.6 Å². The van der Waals surface area contributed by atoms with Crippen LogP contribution in [0.5, 0.6) is 0 Å². The average molecular weight is 422 g/mol. The maximum atomic E-state index is 6.14. The SMILES string of the molecule is CN=C(NCC(C)(C)c1ccc(Cl)cc1)N1CCC(OCC2CCCCO2)CC1. The number of aliphatic imine (C=N–C) groups is 1. The van der Waals surface area contributed by atoms with Gasteiger partial charge in [0.25, 0.3) is 0 Å². The maximum absolute atomic E-state index is 6.14. The number of benzene rings is 1. The molecule has 0 spiro atoms. The van der Waals surface area contributed by atoms with Gasteiger partial charge in [0.05, 0.1) is 18.8 Å². The summed E-state index contributed by atoms with van der Waals surface area (Å²) >= 11 is 6.03. The second-order valence-electron chi connectivity index (χ2n) is 8.80. The van der Waals surface area contributed by atoms with Gasteiger partial charge in [-0.3, -0.25) is 4.99 Å². The highest BCUT2D eigenvalue weighted by atomic mass is 35.5. The zero-order chi connectivity index (χ0) is 20.7. The first-order valence-corrected chi connectivity index (χ1v) is 11.3. The van der Waals surface area contributed by atoms with Crippen LogP contribution in [-0.2, 0) is 14.9 Å². The molecule has 162 valence electrons. The second kappa shape index (κ2) is 10.6. The number of rotatable bonds is 6. The van der Waals surface area contributed by atoms with Gasteiger partial charge in [-0.1, -0.05) is 37.6 Å². The molecule has 2 heterocycles. The van der Waals surface area contributed by atoms with E-state index in [1.165, 1.54) is 18.4 Å². The van der Waals surface area contributed by atoms with Gasteiger partial charge in [0, 0.05) is 43.7 Å². The molecule has 29 heavy (non-hydrogen) atoms. The summed E-state index contributed by atoms with van der Waals surface area (Å²) in [7, 11) is 1.86. The lowest BCUT2D eigenvalue weighted by atomic mass is 9.84. The molecule has 0 amide bonds. The molecule has 1 N–H and O–H groups in total. The molecule has 0 aromatic heterocycles. The van der Waals surface area contributed by atoms with Gasteiger partial charge in [0.15, 0.2) is 5.96 Å². The first-order valence-electron chi connectivity index (χ1n) is 10.9. The predicted molar refractivity (Wildman–Crippen MR) is 120 cm³/mol. The van der Waals surface area contributed by atoms with E-state index < -0.39 is 0 Å². The quantitative estimate of drug-likeness (QED) is 0.551. The molecule has 0 aliphatic carbocycles. The zero-order valence-electron chi connectivity index (χ0n) is 18.1. The minimum Gasteiger partial charge on any atom is -0.376 e. The molecular weight excluding hydrogens is 386 g/mol. The van der Waals surface area contributed by atoms with E-state index in [-0.39, 0.29) is 5.41 Å². The summed E-state index contributed by atoms with van der Waals surface area (Å²) in [5.41, 5.74) is 1.25. The Balaban J connectivity index is 1.43. The smallest absolute Gasteiger partial charge is 0.193 e. The van der Waals surface area contributed by atoms with E-state index >= 15 is 0 Å². The van der Waals surface area contributed by atoms with Crippen molar-refractivity contribution in [1.29, 1.82) is 0 Å². The van der Waals surface area contributed by atoms with Gasteiger partial charge in [-0.15, -0.1) is 0 Å². The van der Waals surface area contributed by atoms with Crippen molar-refractivity contribution in [2.75, 3.05) is 39.9 Å². The fourth-order valence-electron chi connectivity index (χ4n) is 4.05. The lowest BCUT2D eigenvalue weighted by Gasteiger charge is -2.36. The standard InChI is InChI=1S/C23H36ClN3O2/c1-23(2,18-7-9-19(24)10-8-18)17-26-22(25-3)27-13-11-20(12-14-27)29-16-21-6-4-5-15-28-21/h7-10,20-21H,4-6,11-17H2,1-3H3,(H,25,26). The van der Waals surface area contributed by atoms with Crippen molar-refractivity contribution in [3.63, 3.8) is 0 Å². The van der Waals surface area contributed by atoms with E-state index in [4.69, 9.17) is 21.1 Å². The fraction of sp³-hybridized carbons (Fsp3) is 0.696. The van der Waals surface area contributed by atoms with E-state index in [1.807, 2.05) is 19.2 Å². The molecule has 2 saturated heterocycles. The van der Waals surface area contributed by atoms with Crippen LogP contribution in [0.2, 0.25) is 5.02 Å². The third kappa shape index (κ3) is 6.59. The Kier molecular flexibility index (Phi) is 8.22. The highest BCUT2D eigenvalue weighted by Crippen LogP contribution is 2.24. The summed E-state index contributed by atoms with van der Waals surface area (Å²) in [6, 6.07) is 8.12. The van der Waals surface area contributed by atoms with Gasteiger partial charge in [-0.25, -0.2) is 0 Å². The second-order valence-corrected chi connectivity index (χ2v) is 9.24. The van der Waals surface area contributed by atoms with Crippen molar-refractivity contribution < 1.29 is 9.47 Å². The van der Waals surface area contributed by atoms with Crippen LogP contribution in [0, 0.1) is 0 Å². The Morgan fingerprint density at radius 3 is 2.55 bits per heavy atom. The molecule has 0 saturated carbocycles. The Morgan fingerprint density at radius 1 is 1.21 bits per heavy atom. The minimum absolute atomic E-state index is 0.0119. The minimum atomic E-state index is -0.0119.